The Kier molecular flexibility index (Phi) is 7.58. The van der Waals surface area contributed by atoms with Gasteiger partial charge in [0.05, 0.1) is 11.5 Å². The number of aliphatic hydroxyl groups is 1. The van der Waals surface area contributed by atoms with Gasteiger partial charge < -0.3 is 9.90 Å². The van der Waals surface area contributed by atoms with Crippen molar-refractivity contribution in [2.75, 3.05) is 0 Å². The van der Waals surface area contributed by atoms with Gasteiger partial charge in [-0.3, -0.25) is 0 Å². The lowest BCUT2D eigenvalue weighted by Gasteiger charge is -2.54. The van der Waals surface area contributed by atoms with Crippen molar-refractivity contribution in [1.82, 2.24) is 0 Å². The van der Waals surface area contributed by atoms with Crippen LogP contribution >= 0.6 is 0 Å². The number of hydrogen-bond donors (Lipinski definition) is 1. The lowest BCUT2D eigenvalue weighted by molar-refractivity contribution is -0.137. The molecule has 3 aliphatic carbocycles. The minimum absolute atomic E-state index is 0.158. The summed E-state index contributed by atoms with van der Waals surface area (Å²) in [6.07, 6.45) is 16.3. The maximum absolute atomic E-state index is 12.5. The van der Waals surface area contributed by atoms with Gasteiger partial charge in [0.25, 0.3) is 0 Å². The van der Waals surface area contributed by atoms with Gasteiger partial charge in [-0.05, 0) is 85.4 Å². The van der Waals surface area contributed by atoms with E-state index in [1.165, 1.54) is 44.9 Å². The molecule has 3 rings (SSSR count). The van der Waals surface area contributed by atoms with Crippen LogP contribution < -0.4 is 0 Å². The van der Waals surface area contributed by atoms with Gasteiger partial charge in [-0.1, -0.05) is 73.0 Å². The quantitative estimate of drug-likeness (QED) is 0.340. The standard InChI is InChI=1S/C28H48O2/c1-19(2)10-9-11-20(3)23-13-14-24-26(21(4)15-17-27(23,24)6)25(18-29)28(30)16-8-7-12-22(28)5/h8,16,18-26,30H,7,9-15,17H2,1-6H3/t20-,21?,22-,23-,24?,25-,26?,27-,28+/m1/s1. The third-order valence-corrected chi connectivity index (χ3v) is 9.91. The second kappa shape index (κ2) is 9.47. The molecule has 3 aliphatic rings. The number of aldehydes is 1. The van der Waals surface area contributed by atoms with Crippen LogP contribution in [0.4, 0.5) is 0 Å². The van der Waals surface area contributed by atoms with Crippen LogP contribution in [-0.4, -0.2) is 17.0 Å². The summed E-state index contributed by atoms with van der Waals surface area (Å²) in [7, 11) is 0. The average molecular weight is 417 g/mol. The Morgan fingerprint density at radius 1 is 1.10 bits per heavy atom. The normalized spacial score (nSPS) is 43.4. The molecule has 3 unspecified atom stereocenters. The number of hydrogen-bond acceptors (Lipinski definition) is 2. The topological polar surface area (TPSA) is 37.3 Å². The summed E-state index contributed by atoms with van der Waals surface area (Å²) in [4.78, 5) is 12.5. The number of allylic oxidation sites excluding steroid dienone is 1. The predicted octanol–water partition coefficient (Wildman–Crippen LogP) is 7.06. The van der Waals surface area contributed by atoms with Crippen LogP contribution in [0.25, 0.3) is 0 Å². The van der Waals surface area contributed by atoms with Crippen molar-refractivity contribution >= 4 is 6.29 Å². The van der Waals surface area contributed by atoms with Crippen LogP contribution in [-0.2, 0) is 4.79 Å². The highest BCUT2D eigenvalue weighted by atomic mass is 16.3. The third kappa shape index (κ3) is 4.32. The number of carbonyl (C=O) groups is 1. The van der Waals surface area contributed by atoms with Gasteiger partial charge in [-0.25, -0.2) is 0 Å². The Balaban J connectivity index is 1.83. The van der Waals surface area contributed by atoms with Crippen molar-refractivity contribution in [2.45, 2.75) is 105 Å². The van der Waals surface area contributed by atoms with Gasteiger partial charge in [-0.15, -0.1) is 0 Å². The molecule has 9 atom stereocenters. The summed E-state index contributed by atoms with van der Waals surface area (Å²) < 4.78 is 0. The van der Waals surface area contributed by atoms with E-state index >= 15 is 0 Å². The summed E-state index contributed by atoms with van der Waals surface area (Å²) in [5.41, 5.74) is -0.633. The average Bonchev–Trinajstić information content (AvgIpc) is 3.04. The molecule has 0 radical (unpaired) electrons. The first kappa shape index (κ1) is 24.0. The van der Waals surface area contributed by atoms with E-state index in [4.69, 9.17) is 0 Å². The van der Waals surface area contributed by atoms with Crippen LogP contribution in [0.15, 0.2) is 12.2 Å². The van der Waals surface area contributed by atoms with Gasteiger partial charge in [0.15, 0.2) is 0 Å². The van der Waals surface area contributed by atoms with Crippen molar-refractivity contribution in [3.05, 3.63) is 12.2 Å². The fraction of sp³-hybridized carbons (Fsp3) is 0.893. The van der Waals surface area contributed by atoms with E-state index in [9.17, 15) is 9.90 Å². The van der Waals surface area contributed by atoms with E-state index in [0.29, 0.717) is 23.2 Å². The molecule has 0 aromatic heterocycles. The first-order valence-corrected chi connectivity index (χ1v) is 13.0. The van der Waals surface area contributed by atoms with E-state index in [1.807, 2.05) is 6.08 Å². The maximum atomic E-state index is 12.5. The van der Waals surface area contributed by atoms with Gasteiger partial charge in [-0.2, -0.15) is 0 Å². The molecule has 0 amide bonds. The Bertz CT molecular complexity index is 610. The molecule has 2 saturated carbocycles. The second-order valence-electron chi connectivity index (χ2n) is 12.1. The van der Waals surface area contributed by atoms with Crippen molar-refractivity contribution in [3.63, 3.8) is 0 Å². The molecular formula is C28H48O2. The van der Waals surface area contributed by atoms with E-state index in [2.05, 4.69) is 47.6 Å². The fourth-order valence-corrected chi connectivity index (χ4v) is 7.97. The summed E-state index contributed by atoms with van der Waals surface area (Å²) in [5.74, 6) is 3.61. The monoisotopic (exact) mass is 416 g/mol. The molecule has 172 valence electrons. The molecular weight excluding hydrogens is 368 g/mol. The van der Waals surface area contributed by atoms with E-state index in [0.717, 1.165) is 36.9 Å². The lowest BCUT2D eigenvalue weighted by atomic mass is 9.51. The zero-order chi connectivity index (χ0) is 22.1. The van der Waals surface area contributed by atoms with Crippen LogP contribution in [0.3, 0.4) is 0 Å². The summed E-state index contributed by atoms with van der Waals surface area (Å²) in [6.45, 7) is 14.2. The van der Waals surface area contributed by atoms with Gasteiger partial charge >= 0.3 is 0 Å². The minimum Gasteiger partial charge on any atom is -0.385 e. The molecule has 0 spiro atoms. The molecule has 0 aromatic rings. The van der Waals surface area contributed by atoms with Crippen LogP contribution in [0, 0.1) is 52.8 Å². The summed E-state index contributed by atoms with van der Waals surface area (Å²) in [6, 6.07) is 0. The van der Waals surface area contributed by atoms with Crippen LogP contribution in [0.1, 0.15) is 99.3 Å². The molecule has 2 nitrogen and oxygen atoms in total. The number of rotatable bonds is 8. The fourth-order valence-electron chi connectivity index (χ4n) is 7.97. The number of carbonyl (C=O) groups excluding carboxylic acids is 1. The highest BCUT2D eigenvalue weighted by molar-refractivity contribution is 5.58. The molecule has 0 heterocycles. The highest BCUT2D eigenvalue weighted by Crippen LogP contribution is 2.63. The SMILES string of the molecule is CC(C)CCC[C@@H](C)[C@H]1CCC2C([C@@H](C=O)[C@]3(O)C=CCC[C@H]3C)C(C)CC[C@@]21C. The molecule has 30 heavy (non-hydrogen) atoms. The Morgan fingerprint density at radius 3 is 2.47 bits per heavy atom. The molecule has 0 saturated heterocycles. The van der Waals surface area contributed by atoms with Crippen molar-refractivity contribution in [1.29, 1.82) is 0 Å². The van der Waals surface area contributed by atoms with Crippen molar-refractivity contribution in [2.24, 2.45) is 52.8 Å². The third-order valence-electron chi connectivity index (χ3n) is 9.91. The molecule has 0 bridgehead atoms. The van der Waals surface area contributed by atoms with Crippen molar-refractivity contribution in [3.8, 4) is 0 Å². The largest absolute Gasteiger partial charge is 0.385 e. The summed E-state index contributed by atoms with van der Waals surface area (Å²) >= 11 is 0. The maximum Gasteiger partial charge on any atom is 0.126 e. The molecule has 2 fully saturated rings. The Morgan fingerprint density at radius 2 is 1.83 bits per heavy atom. The van der Waals surface area contributed by atoms with Gasteiger partial charge in [0.1, 0.15) is 6.29 Å². The number of fused-ring (bicyclic) bond motifs is 1. The van der Waals surface area contributed by atoms with E-state index in [1.54, 1.807) is 0 Å². The lowest BCUT2D eigenvalue weighted by Crippen LogP contribution is -2.54. The minimum atomic E-state index is -0.960. The summed E-state index contributed by atoms with van der Waals surface area (Å²) in [5, 5.41) is 11.7. The molecule has 0 aromatic carbocycles. The van der Waals surface area contributed by atoms with Gasteiger partial charge in [0.2, 0.25) is 0 Å². The van der Waals surface area contributed by atoms with Crippen LogP contribution in [0.2, 0.25) is 0 Å². The first-order chi connectivity index (χ1) is 14.1. The van der Waals surface area contributed by atoms with Crippen LogP contribution in [0.5, 0.6) is 0 Å². The first-order valence-electron chi connectivity index (χ1n) is 13.0. The zero-order valence-electron chi connectivity index (χ0n) is 20.6. The zero-order valence-corrected chi connectivity index (χ0v) is 20.6. The van der Waals surface area contributed by atoms with E-state index < -0.39 is 5.60 Å². The smallest absolute Gasteiger partial charge is 0.126 e. The molecule has 0 aliphatic heterocycles. The molecule has 1 N–H and O–H groups in total. The molecule has 2 heteroatoms. The van der Waals surface area contributed by atoms with E-state index in [-0.39, 0.29) is 11.8 Å². The predicted molar refractivity (Wildman–Crippen MR) is 126 cm³/mol. The Hall–Kier alpha value is -0.630. The highest BCUT2D eigenvalue weighted by Gasteiger charge is 2.58. The Labute approximate surface area is 186 Å². The second-order valence-corrected chi connectivity index (χ2v) is 12.1. The van der Waals surface area contributed by atoms with Gasteiger partial charge in [0, 0.05) is 0 Å². The van der Waals surface area contributed by atoms with Crippen molar-refractivity contribution < 1.29 is 9.90 Å².